The Kier molecular flexibility index (Phi) is 3.32. The second-order valence-electron chi connectivity index (χ2n) is 8.20. The van der Waals surface area contributed by atoms with E-state index in [0.717, 1.165) is 38.2 Å². The predicted octanol–water partition coefficient (Wildman–Crippen LogP) is 4.37. The van der Waals surface area contributed by atoms with Gasteiger partial charge >= 0.3 is 0 Å². The molecule has 3 aliphatic carbocycles. The van der Waals surface area contributed by atoms with Crippen molar-refractivity contribution in [3.63, 3.8) is 0 Å². The summed E-state index contributed by atoms with van der Waals surface area (Å²) in [5.41, 5.74) is 0.820. The Labute approximate surface area is 123 Å². The zero-order valence-corrected chi connectivity index (χ0v) is 13.6. The summed E-state index contributed by atoms with van der Waals surface area (Å²) in [4.78, 5) is 11.7. The molecule has 3 rings (SSSR count). The van der Waals surface area contributed by atoms with E-state index in [4.69, 9.17) is 4.74 Å². The third-order valence-corrected chi connectivity index (χ3v) is 7.51. The van der Waals surface area contributed by atoms with Gasteiger partial charge in [-0.25, -0.2) is 0 Å². The molecule has 114 valence electrons. The lowest BCUT2D eigenvalue weighted by Crippen LogP contribution is -2.51. The van der Waals surface area contributed by atoms with Crippen LogP contribution in [0.2, 0.25) is 0 Å². The van der Waals surface area contributed by atoms with Gasteiger partial charge in [0.2, 0.25) is 0 Å². The van der Waals surface area contributed by atoms with Crippen LogP contribution >= 0.6 is 0 Å². The second kappa shape index (κ2) is 4.56. The summed E-state index contributed by atoms with van der Waals surface area (Å²) in [5, 5.41) is 0. The number of Topliss-reactive ketones (excluding diaryl/α,β-unsaturated/α-hetero) is 1. The van der Waals surface area contributed by atoms with Gasteiger partial charge in [-0.05, 0) is 61.7 Å². The molecule has 2 heteroatoms. The van der Waals surface area contributed by atoms with Crippen LogP contribution < -0.4 is 0 Å². The molecule has 2 nitrogen and oxygen atoms in total. The first-order chi connectivity index (χ1) is 9.36. The number of fused-ring (bicyclic) bond motifs is 2. The molecule has 0 aromatic rings. The summed E-state index contributed by atoms with van der Waals surface area (Å²) >= 11 is 0. The van der Waals surface area contributed by atoms with Gasteiger partial charge in [0, 0.05) is 19.4 Å². The molecule has 20 heavy (non-hydrogen) atoms. The SMILES string of the molecule is CCOC1([C@@H]2C[C@H]3CC[C@]2(C)C3(C)C)CCC(=O)CC1. The van der Waals surface area contributed by atoms with Gasteiger partial charge in [-0.15, -0.1) is 0 Å². The second-order valence-corrected chi connectivity index (χ2v) is 8.20. The minimum Gasteiger partial charge on any atom is -0.375 e. The fourth-order valence-corrected chi connectivity index (χ4v) is 5.83. The Morgan fingerprint density at radius 2 is 1.80 bits per heavy atom. The molecule has 0 saturated heterocycles. The van der Waals surface area contributed by atoms with Gasteiger partial charge < -0.3 is 4.74 Å². The minimum absolute atomic E-state index is 0.0101. The van der Waals surface area contributed by atoms with Crippen LogP contribution in [0.1, 0.15) is 72.6 Å². The van der Waals surface area contributed by atoms with E-state index in [1.54, 1.807) is 0 Å². The van der Waals surface area contributed by atoms with Crippen molar-refractivity contribution in [1.82, 2.24) is 0 Å². The molecule has 0 radical (unpaired) electrons. The van der Waals surface area contributed by atoms with Crippen LogP contribution in [0, 0.1) is 22.7 Å². The monoisotopic (exact) mass is 278 g/mol. The van der Waals surface area contributed by atoms with E-state index in [9.17, 15) is 4.79 Å². The fourth-order valence-electron chi connectivity index (χ4n) is 5.83. The lowest BCUT2D eigenvalue weighted by molar-refractivity contribution is -0.153. The zero-order valence-electron chi connectivity index (χ0n) is 13.6. The number of ketones is 1. The highest BCUT2D eigenvalue weighted by atomic mass is 16.5. The Hall–Kier alpha value is -0.370. The molecule has 3 saturated carbocycles. The molecule has 0 spiro atoms. The number of hydrogen-bond acceptors (Lipinski definition) is 2. The van der Waals surface area contributed by atoms with Gasteiger partial charge in [-0.3, -0.25) is 4.79 Å². The number of ether oxygens (including phenoxy) is 1. The number of carbonyl (C=O) groups excluding carboxylic acids is 1. The van der Waals surface area contributed by atoms with E-state index < -0.39 is 0 Å². The quantitative estimate of drug-likeness (QED) is 0.766. The molecule has 0 amide bonds. The first-order valence-corrected chi connectivity index (χ1v) is 8.51. The average molecular weight is 278 g/mol. The third kappa shape index (κ3) is 1.76. The maximum Gasteiger partial charge on any atom is 0.133 e. The van der Waals surface area contributed by atoms with Crippen molar-refractivity contribution in [2.45, 2.75) is 78.2 Å². The average Bonchev–Trinajstić information content (AvgIpc) is 2.75. The first kappa shape index (κ1) is 14.6. The van der Waals surface area contributed by atoms with Gasteiger partial charge in [-0.1, -0.05) is 20.8 Å². The maximum atomic E-state index is 11.7. The molecule has 0 aliphatic heterocycles. The van der Waals surface area contributed by atoms with Gasteiger partial charge in [0.15, 0.2) is 0 Å². The molecule has 0 aromatic carbocycles. The molecular weight excluding hydrogens is 248 g/mol. The lowest BCUT2D eigenvalue weighted by atomic mass is 9.59. The van der Waals surface area contributed by atoms with Crippen LogP contribution in [-0.4, -0.2) is 18.0 Å². The molecule has 3 atom stereocenters. The highest BCUT2D eigenvalue weighted by molar-refractivity contribution is 5.79. The summed E-state index contributed by atoms with van der Waals surface area (Å²) in [6, 6.07) is 0. The summed E-state index contributed by atoms with van der Waals surface area (Å²) in [7, 11) is 0. The van der Waals surface area contributed by atoms with E-state index in [1.807, 2.05) is 0 Å². The van der Waals surface area contributed by atoms with Gasteiger partial charge in [0.1, 0.15) is 5.78 Å². The van der Waals surface area contributed by atoms with Gasteiger partial charge in [0.05, 0.1) is 5.60 Å². The van der Waals surface area contributed by atoms with E-state index in [-0.39, 0.29) is 5.60 Å². The highest BCUT2D eigenvalue weighted by Gasteiger charge is 2.66. The summed E-state index contributed by atoms with van der Waals surface area (Å²) in [6.45, 7) is 10.3. The van der Waals surface area contributed by atoms with Crippen LogP contribution in [0.4, 0.5) is 0 Å². The largest absolute Gasteiger partial charge is 0.375 e. The van der Waals surface area contributed by atoms with E-state index in [0.29, 0.717) is 22.5 Å². The molecule has 0 unspecified atom stereocenters. The van der Waals surface area contributed by atoms with Crippen molar-refractivity contribution in [2.24, 2.45) is 22.7 Å². The normalized spacial score (nSPS) is 42.1. The first-order valence-electron chi connectivity index (χ1n) is 8.51. The topological polar surface area (TPSA) is 26.3 Å². The smallest absolute Gasteiger partial charge is 0.133 e. The number of carbonyl (C=O) groups is 1. The number of rotatable bonds is 3. The molecule has 0 heterocycles. The van der Waals surface area contributed by atoms with Crippen molar-refractivity contribution in [1.29, 1.82) is 0 Å². The van der Waals surface area contributed by atoms with Crippen LogP contribution in [0.5, 0.6) is 0 Å². The zero-order chi connectivity index (χ0) is 14.6. The van der Waals surface area contributed by atoms with Crippen LogP contribution in [0.15, 0.2) is 0 Å². The lowest BCUT2D eigenvalue weighted by Gasteiger charge is -2.50. The van der Waals surface area contributed by atoms with Crippen molar-refractivity contribution in [2.75, 3.05) is 6.61 Å². The molecule has 3 aliphatic rings. The van der Waals surface area contributed by atoms with E-state index >= 15 is 0 Å². The molecule has 0 aromatic heterocycles. The van der Waals surface area contributed by atoms with Crippen molar-refractivity contribution in [3.8, 4) is 0 Å². The Morgan fingerprint density at radius 1 is 1.15 bits per heavy atom. The van der Waals surface area contributed by atoms with Gasteiger partial charge in [0.25, 0.3) is 0 Å². The highest BCUT2D eigenvalue weighted by Crippen LogP contribution is 2.71. The molecule has 3 fully saturated rings. The summed E-state index contributed by atoms with van der Waals surface area (Å²) in [6.07, 6.45) is 7.44. The third-order valence-electron chi connectivity index (χ3n) is 7.51. The van der Waals surface area contributed by atoms with Crippen LogP contribution in [0.3, 0.4) is 0 Å². The fraction of sp³-hybridized carbons (Fsp3) is 0.944. The maximum absolute atomic E-state index is 11.7. The summed E-state index contributed by atoms with van der Waals surface area (Å²) < 4.78 is 6.36. The summed E-state index contributed by atoms with van der Waals surface area (Å²) in [5.74, 6) is 1.94. The van der Waals surface area contributed by atoms with Crippen molar-refractivity contribution < 1.29 is 9.53 Å². The number of hydrogen-bond donors (Lipinski definition) is 0. The molecule has 0 N–H and O–H groups in total. The molecular formula is C18H30O2. The Morgan fingerprint density at radius 3 is 2.25 bits per heavy atom. The van der Waals surface area contributed by atoms with E-state index in [2.05, 4.69) is 27.7 Å². The minimum atomic E-state index is -0.0101. The van der Waals surface area contributed by atoms with Gasteiger partial charge in [-0.2, -0.15) is 0 Å². The van der Waals surface area contributed by atoms with Crippen LogP contribution in [0.25, 0.3) is 0 Å². The molecule has 2 bridgehead atoms. The van der Waals surface area contributed by atoms with Crippen molar-refractivity contribution >= 4 is 5.78 Å². The van der Waals surface area contributed by atoms with Crippen molar-refractivity contribution in [3.05, 3.63) is 0 Å². The Balaban J connectivity index is 1.92. The predicted molar refractivity (Wildman–Crippen MR) is 80.6 cm³/mol. The standard InChI is InChI=1S/C18H30O2/c1-5-20-18(10-7-14(19)8-11-18)15-12-13-6-9-17(15,4)16(13,2)3/h13,15H,5-12H2,1-4H3/t13-,15-,17+/m1/s1. The van der Waals surface area contributed by atoms with E-state index in [1.165, 1.54) is 19.3 Å². The Bertz CT molecular complexity index is 402. The van der Waals surface area contributed by atoms with Crippen LogP contribution in [-0.2, 0) is 9.53 Å².